The number of rotatable bonds is 10. The number of anilines is 1. The molecule has 7 nitrogen and oxygen atoms in total. The molecule has 0 saturated carbocycles. The fraction of sp³-hybridized carbons (Fsp3) is 0.654. The summed E-state index contributed by atoms with van der Waals surface area (Å²) in [6, 6.07) is 6.58. The Balaban J connectivity index is 1.95. The Hall–Kier alpha value is -2.35. The molecule has 3 atom stereocenters. The number of phenols is 1. The van der Waals surface area contributed by atoms with Crippen LogP contribution < -0.4 is 16.2 Å². The second-order valence-corrected chi connectivity index (χ2v) is 12.7. The van der Waals surface area contributed by atoms with Gasteiger partial charge in [0.25, 0.3) is 0 Å². The largest absolute Gasteiger partial charge is 0.508 e. The molecule has 0 saturated heterocycles. The fourth-order valence-electron chi connectivity index (χ4n) is 4.57. The van der Waals surface area contributed by atoms with Gasteiger partial charge < -0.3 is 10.4 Å². The van der Waals surface area contributed by atoms with E-state index < -0.39 is 0 Å². The van der Waals surface area contributed by atoms with Crippen LogP contribution in [0, 0.1) is 22.7 Å². The Morgan fingerprint density at radius 1 is 1.06 bits per heavy atom. The Bertz CT molecular complexity index is 916. The molecule has 190 valence electrons. The zero-order valence-electron chi connectivity index (χ0n) is 22.0. The number of amides is 2. The van der Waals surface area contributed by atoms with E-state index in [0.29, 0.717) is 33.8 Å². The molecule has 0 fully saturated rings. The molecule has 0 aliphatic heterocycles. The van der Waals surface area contributed by atoms with Gasteiger partial charge >= 0.3 is 6.03 Å². The van der Waals surface area contributed by atoms with Crippen molar-refractivity contribution in [2.45, 2.75) is 87.1 Å². The van der Waals surface area contributed by atoms with Crippen LogP contribution in [-0.2, 0) is 0 Å². The highest BCUT2D eigenvalue weighted by molar-refractivity contribution is 7.09. The molecule has 1 heterocycles. The summed E-state index contributed by atoms with van der Waals surface area (Å²) in [5, 5.41) is 13.3. The topological polar surface area (TPSA) is 99.2 Å². The first-order valence-corrected chi connectivity index (χ1v) is 12.9. The number of hydrazine groups is 1. The maximum absolute atomic E-state index is 12.7. The molecule has 0 aliphatic rings. The van der Waals surface area contributed by atoms with Gasteiger partial charge in [-0.3, -0.25) is 5.43 Å². The molecule has 34 heavy (non-hydrogen) atoms. The smallest absolute Gasteiger partial charge is 0.333 e. The van der Waals surface area contributed by atoms with E-state index >= 15 is 0 Å². The van der Waals surface area contributed by atoms with Crippen molar-refractivity contribution in [1.82, 2.24) is 20.1 Å². The molecular weight excluding hydrogens is 446 g/mol. The standard InChI is InChI=1S/C26H43N5O2S/c1-17(15-25(3,4)5)12-13-21(18(2)16-26(6,7)8)27-23(33)29-30-24-28-22(31-34-24)19-10-9-11-20(32)14-19/h9-11,14,17-18,21,32H,12-13,15-16H2,1-8H3,(H2,27,29,33)(H,28,30,31). The number of urea groups is 1. The number of carbonyl (C=O) groups excluding carboxylic acids is 1. The van der Waals surface area contributed by atoms with E-state index in [2.05, 4.69) is 80.9 Å². The lowest BCUT2D eigenvalue weighted by Crippen LogP contribution is -2.47. The van der Waals surface area contributed by atoms with Crippen molar-refractivity contribution in [3.63, 3.8) is 0 Å². The third kappa shape index (κ3) is 10.3. The lowest BCUT2D eigenvalue weighted by molar-refractivity contribution is 0.210. The Labute approximate surface area is 209 Å². The summed E-state index contributed by atoms with van der Waals surface area (Å²) in [5.41, 5.74) is 6.78. The van der Waals surface area contributed by atoms with E-state index in [9.17, 15) is 9.90 Å². The number of hydrogen-bond donors (Lipinski definition) is 4. The molecule has 2 amide bonds. The maximum Gasteiger partial charge on any atom is 0.333 e. The summed E-state index contributed by atoms with van der Waals surface area (Å²) in [6.45, 7) is 18.1. The summed E-state index contributed by atoms with van der Waals surface area (Å²) in [6.07, 6.45) is 4.22. The van der Waals surface area contributed by atoms with Gasteiger partial charge in [-0.2, -0.15) is 9.36 Å². The summed E-state index contributed by atoms with van der Waals surface area (Å²) >= 11 is 1.15. The van der Waals surface area contributed by atoms with Gasteiger partial charge in [0, 0.05) is 23.1 Å². The quantitative estimate of drug-likeness (QED) is 0.274. The van der Waals surface area contributed by atoms with E-state index in [4.69, 9.17) is 0 Å². The molecule has 1 aromatic heterocycles. The van der Waals surface area contributed by atoms with Crippen LogP contribution in [0.5, 0.6) is 5.75 Å². The van der Waals surface area contributed by atoms with Crippen molar-refractivity contribution < 1.29 is 9.90 Å². The lowest BCUT2D eigenvalue weighted by Gasteiger charge is -2.32. The molecule has 0 radical (unpaired) electrons. The normalized spacial score (nSPS) is 14.8. The van der Waals surface area contributed by atoms with Crippen molar-refractivity contribution in [2.75, 3.05) is 5.43 Å². The third-order valence-corrected chi connectivity index (χ3v) is 6.31. The highest BCUT2D eigenvalue weighted by Gasteiger charge is 2.26. The van der Waals surface area contributed by atoms with Crippen LogP contribution in [0.25, 0.3) is 11.4 Å². The second kappa shape index (κ2) is 11.9. The number of carbonyl (C=O) groups is 1. The van der Waals surface area contributed by atoms with Gasteiger partial charge in [-0.15, -0.1) is 0 Å². The number of nitrogens with zero attached hydrogens (tertiary/aromatic N) is 2. The molecule has 2 rings (SSSR count). The van der Waals surface area contributed by atoms with Gasteiger partial charge in [0.2, 0.25) is 5.13 Å². The number of aromatic hydroxyl groups is 1. The fourth-order valence-corrected chi connectivity index (χ4v) is 5.11. The van der Waals surface area contributed by atoms with Crippen molar-refractivity contribution >= 4 is 22.7 Å². The number of phenolic OH excluding ortho intramolecular Hbond substituents is 1. The van der Waals surface area contributed by atoms with Crippen molar-refractivity contribution in [3.05, 3.63) is 24.3 Å². The van der Waals surface area contributed by atoms with Crippen molar-refractivity contribution in [2.24, 2.45) is 22.7 Å². The maximum atomic E-state index is 12.7. The van der Waals surface area contributed by atoms with E-state index in [1.807, 2.05) is 6.07 Å². The zero-order valence-corrected chi connectivity index (χ0v) is 22.8. The summed E-state index contributed by atoms with van der Waals surface area (Å²) in [4.78, 5) is 17.1. The first-order valence-electron chi connectivity index (χ1n) is 12.2. The minimum Gasteiger partial charge on any atom is -0.508 e. The predicted molar refractivity (Wildman–Crippen MR) is 142 cm³/mol. The van der Waals surface area contributed by atoms with E-state index in [0.717, 1.165) is 30.8 Å². The van der Waals surface area contributed by atoms with Crippen LogP contribution in [0.2, 0.25) is 0 Å². The van der Waals surface area contributed by atoms with Crippen LogP contribution in [0.15, 0.2) is 24.3 Å². The van der Waals surface area contributed by atoms with Crippen LogP contribution in [0.3, 0.4) is 0 Å². The van der Waals surface area contributed by atoms with E-state index in [1.54, 1.807) is 18.2 Å². The average Bonchev–Trinajstić information content (AvgIpc) is 3.16. The second-order valence-electron chi connectivity index (χ2n) is 12.0. The van der Waals surface area contributed by atoms with Gasteiger partial charge in [0.15, 0.2) is 5.82 Å². The van der Waals surface area contributed by atoms with Crippen LogP contribution in [-0.4, -0.2) is 26.5 Å². The minimum absolute atomic E-state index is 0.0840. The number of aromatic nitrogens is 2. The molecule has 4 N–H and O–H groups in total. The zero-order chi connectivity index (χ0) is 25.5. The SMILES string of the molecule is CC(CCC(NC(=O)NNc1nc(-c2cccc(O)c2)ns1)C(C)CC(C)(C)C)CC(C)(C)C. The molecule has 0 bridgehead atoms. The highest BCUT2D eigenvalue weighted by Crippen LogP contribution is 2.31. The molecule has 0 spiro atoms. The van der Waals surface area contributed by atoms with E-state index in [-0.39, 0.29) is 23.2 Å². The summed E-state index contributed by atoms with van der Waals surface area (Å²) in [7, 11) is 0. The van der Waals surface area contributed by atoms with E-state index in [1.165, 1.54) is 6.42 Å². The monoisotopic (exact) mass is 489 g/mol. The number of nitrogens with one attached hydrogen (secondary N) is 3. The molecule has 3 unspecified atom stereocenters. The Morgan fingerprint density at radius 3 is 2.35 bits per heavy atom. The van der Waals surface area contributed by atoms with Crippen molar-refractivity contribution in [3.8, 4) is 17.1 Å². The predicted octanol–water partition coefficient (Wildman–Crippen LogP) is 6.83. The lowest BCUT2D eigenvalue weighted by atomic mass is 9.79. The summed E-state index contributed by atoms with van der Waals surface area (Å²) in [5.74, 6) is 1.61. The molecule has 0 aliphatic carbocycles. The van der Waals surface area contributed by atoms with Gasteiger partial charge in [-0.05, 0) is 60.5 Å². The van der Waals surface area contributed by atoms with Crippen molar-refractivity contribution in [1.29, 1.82) is 0 Å². The van der Waals surface area contributed by atoms with Gasteiger partial charge in [0.05, 0.1) is 0 Å². The highest BCUT2D eigenvalue weighted by atomic mass is 32.1. The van der Waals surface area contributed by atoms with Gasteiger partial charge in [-0.1, -0.05) is 67.5 Å². The van der Waals surface area contributed by atoms with Gasteiger partial charge in [0.1, 0.15) is 5.75 Å². The van der Waals surface area contributed by atoms with Crippen LogP contribution >= 0.6 is 11.5 Å². The number of benzene rings is 1. The third-order valence-electron chi connectivity index (χ3n) is 5.68. The van der Waals surface area contributed by atoms with Crippen LogP contribution in [0.4, 0.5) is 9.93 Å². The molecule has 8 heteroatoms. The minimum atomic E-state index is -0.275. The number of hydrogen-bond acceptors (Lipinski definition) is 6. The molecular formula is C26H43N5O2S. The van der Waals surface area contributed by atoms with Gasteiger partial charge in [-0.25, -0.2) is 10.2 Å². The summed E-state index contributed by atoms with van der Waals surface area (Å²) < 4.78 is 4.30. The molecule has 1 aromatic carbocycles. The first-order chi connectivity index (χ1) is 15.7. The first kappa shape index (κ1) is 27.9. The average molecular weight is 490 g/mol. The Kier molecular flexibility index (Phi) is 9.74. The molecule has 2 aromatic rings. The Morgan fingerprint density at radius 2 is 1.74 bits per heavy atom. The van der Waals surface area contributed by atoms with Crippen LogP contribution in [0.1, 0.15) is 81.1 Å².